The smallest absolute Gasteiger partial charge is 0.227 e. The third kappa shape index (κ3) is 4.81. The van der Waals surface area contributed by atoms with Crippen LogP contribution in [0.2, 0.25) is 0 Å². The fourth-order valence-corrected chi connectivity index (χ4v) is 4.07. The lowest BCUT2D eigenvalue weighted by Crippen LogP contribution is -2.48. The normalized spacial score (nSPS) is 24.3. The summed E-state index contributed by atoms with van der Waals surface area (Å²) >= 11 is 0. The van der Waals surface area contributed by atoms with Gasteiger partial charge in [-0.05, 0) is 55.9 Å². The van der Waals surface area contributed by atoms with Crippen molar-refractivity contribution in [2.75, 3.05) is 18.4 Å². The molecule has 2 aliphatic rings. The van der Waals surface area contributed by atoms with E-state index >= 15 is 0 Å². The number of nitrogens with one attached hydrogen (secondary N) is 1. The van der Waals surface area contributed by atoms with E-state index in [2.05, 4.69) is 5.32 Å². The Hall–Kier alpha value is -1.95. The molecule has 0 bridgehead atoms. The van der Waals surface area contributed by atoms with Gasteiger partial charge in [0.2, 0.25) is 11.8 Å². The van der Waals surface area contributed by atoms with Gasteiger partial charge in [-0.1, -0.05) is 12.8 Å². The lowest BCUT2D eigenvalue weighted by molar-refractivity contribution is -0.138. The monoisotopic (exact) mass is 361 g/mol. The first-order chi connectivity index (χ1) is 12.5. The molecule has 5 nitrogen and oxygen atoms in total. The summed E-state index contributed by atoms with van der Waals surface area (Å²) in [7, 11) is 0. The number of hydrogen-bond acceptors (Lipinski definition) is 3. The van der Waals surface area contributed by atoms with Gasteiger partial charge in [0, 0.05) is 31.2 Å². The molecular formula is C20H28FN3O2. The van der Waals surface area contributed by atoms with E-state index < -0.39 is 0 Å². The summed E-state index contributed by atoms with van der Waals surface area (Å²) in [5.41, 5.74) is 6.75. The molecule has 0 unspecified atom stereocenters. The number of rotatable bonds is 4. The highest BCUT2D eigenvalue weighted by Crippen LogP contribution is 2.28. The summed E-state index contributed by atoms with van der Waals surface area (Å²) in [6.45, 7) is 1.41. The Morgan fingerprint density at radius 3 is 2.38 bits per heavy atom. The van der Waals surface area contributed by atoms with E-state index in [1.54, 1.807) is 12.1 Å². The molecular weight excluding hydrogens is 333 g/mol. The molecule has 2 fully saturated rings. The van der Waals surface area contributed by atoms with Gasteiger partial charge in [0.05, 0.1) is 5.92 Å². The summed E-state index contributed by atoms with van der Waals surface area (Å²) in [6, 6.07) is 5.77. The van der Waals surface area contributed by atoms with Crippen LogP contribution >= 0.6 is 0 Å². The van der Waals surface area contributed by atoms with E-state index in [0.29, 0.717) is 25.2 Å². The Morgan fingerprint density at radius 2 is 1.73 bits per heavy atom. The molecule has 1 aliphatic carbocycles. The van der Waals surface area contributed by atoms with Gasteiger partial charge in [-0.25, -0.2) is 4.39 Å². The predicted molar refractivity (Wildman–Crippen MR) is 98.9 cm³/mol. The molecule has 1 saturated heterocycles. The molecule has 0 radical (unpaired) electrons. The number of carbonyl (C=O) groups excluding carboxylic acids is 2. The Kier molecular flexibility index (Phi) is 6.25. The van der Waals surface area contributed by atoms with Crippen molar-refractivity contribution in [3.05, 3.63) is 30.1 Å². The zero-order chi connectivity index (χ0) is 18.5. The van der Waals surface area contributed by atoms with Crippen LogP contribution < -0.4 is 11.1 Å². The van der Waals surface area contributed by atoms with E-state index in [-0.39, 0.29) is 35.5 Å². The van der Waals surface area contributed by atoms with Crippen LogP contribution in [0.15, 0.2) is 24.3 Å². The topological polar surface area (TPSA) is 75.4 Å². The number of anilines is 1. The summed E-state index contributed by atoms with van der Waals surface area (Å²) in [4.78, 5) is 26.8. The van der Waals surface area contributed by atoms with Crippen LogP contribution in [0.4, 0.5) is 10.1 Å². The van der Waals surface area contributed by atoms with Crippen LogP contribution in [-0.4, -0.2) is 35.8 Å². The number of amides is 2. The van der Waals surface area contributed by atoms with Crippen LogP contribution in [0.25, 0.3) is 0 Å². The van der Waals surface area contributed by atoms with Gasteiger partial charge >= 0.3 is 0 Å². The molecule has 1 saturated carbocycles. The highest BCUT2D eigenvalue weighted by molar-refractivity contribution is 5.90. The zero-order valence-corrected chi connectivity index (χ0v) is 15.1. The van der Waals surface area contributed by atoms with Crippen molar-refractivity contribution < 1.29 is 14.0 Å². The molecule has 2 amide bonds. The minimum absolute atomic E-state index is 0.00420. The Balaban J connectivity index is 1.43. The third-order valence-corrected chi connectivity index (χ3v) is 5.66. The van der Waals surface area contributed by atoms with Crippen LogP contribution in [-0.2, 0) is 9.59 Å². The SMILES string of the molecule is N[C@H]1CCCC[C@@H]1C(=O)N1CCC(CC(=O)Nc2ccc(F)cc2)CC1. The zero-order valence-electron chi connectivity index (χ0n) is 15.1. The largest absolute Gasteiger partial charge is 0.342 e. The van der Waals surface area contributed by atoms with Crippen molar-refractivity contribution in [1.29, 1.82) is 0 Å². The lowest BCUT2D eigenvalue weighted by atomic mass is 9.83. The average molecular weight is 361 g/mol. The molecule has 3 N–H and O–H groups in total. The van der Waals surface area contributed by atoms with E-state index in [1.165, 1.54) is 12.1 Å². The average Bonchev–Trinajstić information content (AvgIpc) is 2.64. The Labute approximate surface area is 154 Å². The van der Waals surface area contributed by atoms with Crippen molar-refractivity contribution in [3.8, 4) is 0 Å². The molecule has 1 aliphatic heterocycles. The minimum atomic E-state index is -0.322. The standard InChI is InChI=1S/C20H28FN3O2/c21-15-5-7-16(8-6-15)23-19(25)13-14-9-11-24(12-10-14)20(26)17-3-1-2-4-18(17)22/h5-8,14,17-18H,1-4,9-13,22H2,(H,23,25)/t17-,18-/m0/s1. The van der Waals surface area contributed by atoms with E-state index in [4.69, 9.17) is 5.73 Å². The quantitative estimate of drug-likeness (QED) is 0.866. The minimum Gasteiger partial charge on any atom is -0.342 e. The van der Waals surface area contributed by atoms with Crippen molar-refractivity contribution >= 4 is 17.5 Å². The fourth-order valence-electron chi connectivity index (χ4n) is 4.07. The van der Waals surface area contributed by atoms with Crippen molar-refractivity contribution in [1.82, 2.24) is 4.90 Å². The van der Waals surface area contributed by atoms with Gasteiger partial charge in [-0.2, -0.15) is 0 Å². The first-order valence-corrected chi connectivity index (χ1v) is 9.62. The molecule has 0 spiro atoms. The second-order valence-electron chi connectivity index (χ2n) is 7.58. The number of halogens is 1. The van der Waals surface area contributed by atoms with Crippen LogP contribution in [0.1, 0.15) is 44.9 Å². The molecule has 1 heterocycles. The summed E-state index contributed by atoms with van der Waals surface area (Å²) in [6.07, 6.45) is 6.16. The number of piperidine rings is 1. The summed E-state index contributed by atoms with van der Waals surface area (Å²) < 4.78 is 12.9. The maximum Gasteiger partial charge on any atom is 0.227 e. The second-order valence-corrected chi connectivity index (χ2v) is 7.58. The number of likely N-dealkylation sites (tertiary alicyclic amines) is 1. The molecule has 6 heteroatoms. The first-order valence-electron chi connectivity index (χ1n) is 9.62. The number of nitrogens with two attached hydrogens (primary N) is 1. The van der Waals surface area contributed by atoms with Crippen molar-refractivity contribution in [2.24, 2.45) is 17.6 Å². The number of nitrogens with zero attached hydrogens (tertiary/aromatic N) is 1. The molecule has 26 heavy (non-hydrogen) atoms. The summed E-state index contributed by atoms with van der Waals surface area (Å²) in [5, 5.41) is 2.81. The number of hydrogen-bond donors (Lipinski definition) is 2. The third-order valence-electron chi connectivity index (χ3n) is 5.66. The van der Waals surface area contributed by atoms with Crippen LogP contribution in [0, 0.1) is 17.7 Å². The Morgan fingerprint density at radius 1 is 1.08 bits per heavy atom. The molecule has 2 atom stereocenters. The van der Waals surface area contributed by atoms with Gasteiger partial charge in [0.15, 0.2) is 0 Å². The van der Waals surface area contributed by atoms with E-state index in [1.807, 2.05) is 4.90 Å². The Bertz CT molecular complexity index is 626. The fraction of sp³-hybridized carbons (Fsp3) is 0.600. The second kappa shape index (κ2) is 8.62. The van der Waals surface area contributed by atoms with Crippen LogP contribution in [0.5, 0.6) is 0 Å². The molecule has 1 aromatic carbocycles. The first kappa shape index (κ1) is 18.8. The highest BCUT2D eigenvalue weighted by atomic mass is 19.1. The molecule has 0 aromatic heterocycles. The number of carbonyl (C=O) groups is 2. The molecule has 1 aromatic rings. The lowest BCUT2D eigenvalue weighted by Gasteiger charge is -2.37. The van der Waals surface area contributed by atoms with Gasteiger partial charge in [0.25, 0.3) is 0 Å². The summed E-state index contributed by atoms with van der Waals surface area (Å²) in [5.74, 6) is 0.0708. The molecule has 142 valence electrons. The van der Waals surface area contributed by atoms with Gasteiger partial charge in [-0.3, -0.25) is 9.59 Å². The highest BCUT2D eigenvalue weighted by Gasteiger charge is 2.33. The van der Waals surface area contributed by atoms with E-state index in [9.17, 15) is 14.0 Å². The maximum atomic E-state index is 12.9. The van der Waals surface area contributed by atoms with Crippen molar-refractivity contribution in [2.45, 2.75) is 51.0 Å². The van der Waals surface area contributed by atoms with E-state index in [0.717, 1.165) is 38.5 Å². The predicted octanol–water partition coefficient (Wildman–Crippen LogP) is 2.91. The van der Waals surface area contributed by atoms with Crippen LogP contribution in [0.3, 0.4) is 0 Å². The van der Waals surface area contributed by atoms with Gasteiger partial charge in [-0.15, -0.1) is 0 Å². The number of benzene rings is 1. The van der Waals surface area contributed by atoms with Crippen molar-refractivity contribution in [3.63, 3.8) is 0 Å². The maximum absolute atomic E-state index is 12.9. The molecule has 3 rings (SSSR count). The van der Waals surface area contributed by atoms with Gasteiger partial charge < -0.3 is 16.0 Å². The van der Waals surface area contributed by atoms with Gasteiger partial charge in [0.1, 0.15) is 5.82 Å².